The zero-order valence-corrected chi connectivity index (χ0v) is 11.7. The highest BCUT2D eigenvalue weighted by Gasteiger charge is 2.16. The summed E-state index contributed by atoms with van der Waals surface area (Å²) in [4.78, 5) is 4.73. The third kappa shape index (κ3) is 2.15. The number of rotatable bonds is 0. The van der Waals surface area contributed by atoms with Gasteiger partial charge in [0.15, 0.2) is 0 Å². The van der Waals surface area contributed by atoms with Crippen LogP contribution in [-0.2, 0) is 12.8 Å². The summed E-state index contributed by atoms with van der Waals surface area (Å²) in [5.74, 6) is 0. The van der Waals surface area contributed by atoms with Crippen LogP contribution in [0, 0.1) is 0 Å². The van der Waals surface area contributed by atoms with Crippen molar-refractivity contribution in [2.24, 2.45) is 0 Å². The van der Waals surface area contributed by atoms with Crippen LogP contribution in [0.1, 0.15) is 30.5 Å². The molecule has 0 saturated heterocycles. The first-order chi connectivity index (χ1) is 8.27. The molecule has 2 nitrogen and oxygen atoms in total. The molecule has 18 heavy (non-hydrogen) atoms. The molecule has 0 atom stereocenters. The molecule has 0 unspecified atom stereocenters. The first kappa shape index (κ1) is 13.4. The highest BCUT2D eigenvalue weighted by Crippen LogP contribution is 2.34. The van der Waals surface area contributed by atoms with Crippen molar-refractivity contribution in [1.82, 2.24) is 4.98 Å². The number of pyridine rings is 1. The van der Waals surface area contributed by atoms with Gasteiger partial charge >= 0.3 is 0 Å². The van der Waals surface area contributed by atoms with Crippen molar-refractivity contribution in [3.63, 3.8) is 0 Å². The first-order valence-electron chi connectivity index (χ1n) is 6.13. The van der Waals surface area contributed by atoms with E-state index in [2.05, 4.69) is 0 Å². The van der Waals surface area contributed by atoms with E-state index in [0.29, 0.717) is 5.02 Å². The van der Waals surface area contributed by atoms with Crippen molar-refractivity contribution < 1.29 is 0 Å². The number of halogens is 2. The van der Waals surface area contributed by atoms with Gasteiger partial charge in [-0.3, -0.25) is 4.98 Å². The van der Waals surface area contributed by atoms with Crippen LogP contribution in [0.2, 0.25) is 5.02 Å². The molecule has 2 aromatic rings. The lowest BCUT2D eigenvalue weighted by atomic mass is 10.0. The minimum Gasteiger partial charge on any atom is -0.398 e. The largest absolute Gasteiger partial charge is 0.398 e. The first-order valence-corrected chi connectivity index (χ1v) is 6.50. The maximum absolute atomic E-state index is 6.29. The molecule has 4 heteroatoms. The van der Waals surface area contributed by atoms with Gasteiger partial charge in [0, 0.05) is 16.8 Å². The zero-order valence-electron chi connectivity index (χ0n) is 10.1. The molecule has 0 radical (unpaired) electrons. The number of nitrogens with zero attached hydrogens (tertiary/aromatic N) is 1. The van der Waals surface area contributed by atoms with Crippen LogP contribution in [0.15, 0.2) is 18.2 Å². The molecular formula is C14H16Cl2N2. The van der Waals surface area contributed by atoms with Crippen LogP contribution in [0.3, 0.4) is 0 Å². The van der Waals surface area contributed by atoms with Crippen LogP contribution in [0.25, 0.3) is 10.9 Å². The van der Waals surface area contributed by atoms with Crippen LogP contribution in [-0.4, -0.2) is 4.98 Å². The number of anilines is 1. The summed E-state index contributed by atoms with van der Waals surface area (Å²) >= 11 is 6.23. The van der Waals surface area contributed by atoms with Gasteiger partial charge < -0.3 is 5.73 Å². The molecule has 0 bridgehead atoms. The smallest absolute Gasteiger partial charge is 0.0741 e. The molecule has 3 rings (SSSR count). The quantitative estimate of drug-likeness (QED) is 0.737. The average Bonchev–Trinajstić information content (AvgIpc) is 2.54. The highest BCUT2D eigenvalue weighted by atomic mass is 35.5. The minimum absolute atomic E-state index is 0. The van der Waals surface area contributed by atoms with Crippen LogP contribution in [0.4, 0.5) is 5.69 Å². The normalized spacial score (nSPS) is 14.7. The minimum atomic E-state index is 0. The SMILES string of the molecule is Cl.Nc1c2c(nc3cccc(Cl)c13)CCCCC2. The van der Waals surface area contributed by atoms with Crippen LogP contribution in [0.5, 0.6) is 0 Å². The molecule has 0 aliphatic heterocycles. The summed E-state index contributed by atoms with van der Waals surface area (Å²) in [5.41, 5.74) is 10.5. The lowest BCUT2D eigenvalue weighted by Crippen LogP contribution is -2.03. The molecular weight excluding hydrogens is 267 g/mol. The Morgan fingerprint density at radius 1 is 1.11 bits per heavy atom. The number of benzene rings is 1. The van der Waals surface area contributed by atoms with E-state index in [4.69, 9.17) is 22.3 Å². The Labute approximate surface area is 118 Å². The van der Waals surface area contributed by atoms with Crippen LogP contribution < -0.4 is 5.73 Å². The van der Waals surface area contributed by atoms with Gasteiger partial charge in [-0.2, -0.15) is 0 Å². The van der Waals surface area contributed by atoms with Gasteiger partial charge in [0.1, 0.15) is 0 Å². The van der Waals surface area contributed by atoms with Gasteiger partial charge in [0.25, 0.3) is 0 Å². The zero-order chi connectivity index (χ0) is 11.8. The fourth-order valence-corrected chi connectivity index (χ4v) is 2.92. The maximum Gasteiger partial charge on any atom is 0.0741 e. The summed E-state index contributed by atoms with van der Waals surface area (Å²) < 4.78 is 0. The van der Waals surface area contributed by atoms with E-state index in [-0.39, 0.29) is 12.4 Å². The van der Waals surface area contributed by atoms with Crippen LogP contribution >= 0.6 is 24.0 Å². The predicted molar refractivity (Wildman–Crippen MR) is 79.7 cm³/mol. The summed E-state index contributed by atoms with van der Waals surface area (Å²) in [6.07, 6.45) is 5.76. The molecule has 0 saturated carbocycles. The number of nitrogen functional groups attached to an aromatic ring is 1. The standard InChI is InChI=1S/C14H15ClN2.ClH/c15-10-6-4-8-12-13(10)14(16)9-5-2-1-3-7-11(9)17-12;/h4,6,8H,1-3,5,7H2,(H2,16,17);1H. The molecule has 0 spiro atoms. The molecule has 1 aromatic carbocycles. The van der Waals surface area contributed by atoms with E-state index < -0.39 is 0 Å². The Hall–Kier alpha value is -0.990. The second-order valence-corrected chi connectivity index (χ2v) is 5.05. The van der Waals surface area contributed by atoms with Gasteiger partial charge in [-0.25, -0.2) is 0 Å². The number of hydrogen-bond donors (Lipinski definition) is 1. The van der Waals surface area contributed by atoms with Crippen molar-refractivity contribution in [3.05, 3.63) is 34.5 Å². The number of aryl methyl sites for hydroxylation is 1. The summed E-state index contributed by atoms with van der Waals surface area (Å²) in [6, 6.07) is 5.80. The van der Waals surface area contributed by atoms with Gasteiger partial charge in [0.05, 0.1) is 10.5 Å². The van der Waals surface area contributed by atoms with E-state index in [0.717, 1.165) is 29.4 Å². The molecule has 96 valence electrons. The molecule has 1 aliphatic carbocycles. The third-order valence-corrected chi connectivity index (χ3v) is 3.85. The lowest BCUT2D eigenvalue weighted by molar-refractivity contribution is 0.709. The van der Waals surface area contributed by atoms with E-state index in [1.165, 1.54) is 30.5 Å². The monoisotopic (exact) mass is 282 g/mol. The highest BCUT2D eigenvalue weighted by molar-refractivity contribution is 6.36. The molecule has 0 fully saturated rings. The Kier molecular flexibility index (Phi) is 3.98. The van der Waals surface area contributed by atoms with Crippen molar-refractivity contribution in [2.45, 2.75) is 32.1 Å². The maximum atomic E-state index is 6.29. The van der Waals surface area contributed by atoms with E-state index in [1.54, 1.807) is 0 Å². The molecule has 2 N–H and O–H groups in total. The van der Waals surface area contributed by atoms with E-state index in [1.807, 2.05) is 18.2 Å². The summed E-state index contributed by atoms with van der Waals surface area (Å²) in [7, 11) is 0. The number of aromatic nitrogens is 1. The van der Waals surface area contributed by atoms with Gasteiger partial charge in [-0.15, -0.1) is 12.4 Å². The average molecular weight is 283 g/mol. The topological polar surface area (TPSA) is 38.9 Å². The second kappa shape index (κ2) is 5.33. The Morgan fingerprint density at radius 2 is 1.89 bits per heavy atom. The number of nitrogens with two attached hydrogens (primary N) is 1. The Balaban J connectivity index is 0.00000120. The van der Waals surface area contributed by atoms with Crippen molar-refractivity contribution in [3.8, 4) is 0 Å². The van der Waals surface area contributed by atoms with E-state index in [9.17, 15) is 0 Å². The van der Waals surface area contributed by atoms with Gasteiger partial charge in [0.2, 0.25) is 0 Å². The molecule has 1 aliphatic rings. The molecule has 0 amide bonds. The number of fused-ring (bicyclic) bond motifs is 2. The fourth-order valence-electron chi connectivity index (χ4n) is 2.65. The molecule has 1 heterocycles. The Morgan fingerprint density at radius 3 is 2.72 bits per heavy atom. The van der Waals surface area contributed by atoms with Crippen molar-refractivity contribution in [1.29, 1.82) is 0 Å². The van der Waals surface area contributed by atoms with Gasteiger partial charge in [-0.05, 0) is 43.4 Å². The van der Waals surface area contributed by atoms with E-state index >= 15 is 0 Å². The van der Waals surface area contributed by atoms with Gasteiger partial charge in [-0.1, -0.05) is 24.1 Å². The number of hydrogen-bond acceptors (Lipinski definition) is 2. The Bertz CT molecular complexity index is 582. The van der Waals surface area contributed by atoms with Crippen molar-refractivity contribution >= 4 is 40.6 Å². The summed E-state index contributed by atoms with van der Waals surface area (Å²) in [5, 5.41) is 1.63. The summed E-state index contributed by atoms with van der Waals surface area (Å²) in [6.45, 7) is 0. The lowest BCUT2D eigenvalue weighted by Gasteiger charge is -2.12. The second-order valence-electron chi connectivity index (χ2n) is 4.65. The fraction of sp³-hybridized carbons (Fsp3) is 0.357. The predicted octanol–water partition coefficient (Wildman–Crippen LogP) is 4.16. The third-order valence-electron chi connectivity index (χ3n) is 3.53. The molecule has 1 aromatic heterocycles. The van der Waals surface area contributed by atoms with Crippen molar-refractivity contribution in [2.75, 3.05) is 5.73 Å².